The molecule has 1 atom stereocenters. The van der Waals surface area contributed by atoms with Gasteiger partial charge in [0.1, 0.15) is 6.04 Å². The topological polar surface area (TPSA) is 87.6 Å². The average molecular weight is 157 g/mol. The summed E-state index contributed by atoms with van der Waals surface area (Å²) in [6.45, 7) is 0.00715. The number of hydrogen-bond acceptors (Lipinski definition) is 4. The Kier molecular flexibility index (Phi) is 2.15. The minimum Gasteiger partial charge on any atom is -0.352 e. The Morgan fingerprint density at radius 1 is 1.82 bits per heavy atom. The number of nitrogens with one attached hydrogen (secondary N) is 2. The molecular formula is C5H7N3O3. The van der Waals surface area contributed by atoms with Crippen LogP contribution in [0.2, 0.25) is 0 Å². The second-order valence-electron chi connectivity index (χ2n) is 2.15. The molecule has 1 heterocycles. The van der Waals surface area contributed by atoms with E-state index < -0.39 is 18.5 Å². The van der Waals surface area contributed by atoms with Gasteiger partial charge in [-0.2, -0.15) is 4.91 Å². The molecule has 0 bridgehead atoms. The molecule has 6 nitrogen and oxygen atoms in total. The summed E-state index contributed by atoms with van der Waals surface area (Å²) in [5.74, 6) is -0.732. The van der Waals surface area contributed by atoms with E-state index in [0.29, 0.717) is 6.54 Å². The van der Waals surface area contributed by atoms with Crippen LogP contribution in [0.3, 0.4) is 0 Å². The molecule has 1 unspecified atom stereocenters. The summed E-state index contributed by atoms with van der Waals surface area (Å²) >= 11 is 0. The Balaban J connectivity index is 2.24. The third-order valence-electron chi connectivity index (χ3n) is 1.34. The van der Waals surface area contributed by atoms with Gasteiger partial charge in [0.25, 0.3) is 0 Å². The van der Waals surface area contributed by atoms with Crippen LogP contribution in [0.1, 0.15) is 0 Å². The predicted octanol–water partition coefficient (Wildman–Crippen LogP) is -1.63. The largest absolute Gasteiger partial charge is 0.352 e. The van der Waals surface area contributed by atoms with Gasteiger partial charge in [-0.25, -0.2) is 0 Å². The first-order valence-electron chi connectivity index (χ1n) is 3.10. The van der Waals surface area contributed by atoms with Crippen molar-refractivity contribution in [2.45, 2.75) is 6.04 Å². The number of amides is 2. The molecule has 0 aromatic heterocycles. The zero-order valence-electron chi connectivity index (χ0n) is 5.66. The number of hydrogen-bond donors (Lipinski definition) is 2. The molecule has 1 fully saturated rings. The second-order valence-corrected chi connectivity index (χ2v) is 2.15. The molecule has 60 valence electrons. The summed E-state index contributed by atoms with van der Waals surface area (Å²) < 4.78 is 0. The Morgan fingerprint density at radius 3 is 2.91 bits per heavy atom. The Hall–Kier alpha value is -1.46. The van der Waals surface area contributed by atoms with Gasteiger partial charge in [-0.3, -0.25) is 9.59 Å². The van der Waals surface area contributed by atoms with E-state index in [2.05, 4.69) is 15.8 Å². The van der Waals surface area contributed by atoms with Crippen LogP contribution in [0.25, 0.3) is 0 Å². The van der Waals surface area contributed by atoms with E-state index in [1.165, 1.54) is 0 Å². The maximum atomic E-state index is 10.6. The van der Waals surface area contributed by atoms with E-state index in [4.69, 9.17) is 0 Å². The maximum absolute atomic E-state index is 10.6. The van der Waals surface area contributed by atoms with Crippen molar-refractivity contribution in [2.75, 3.05) is 13.1 Å². The third kappa shape index (κ3) is 1.73. The quantitative estimate of drug-likeness (QED) is 0.380. The summed E-state index contributed by atoms with van der Waals surface area (Å²) in [5, 5.41) is 7.14. The number of carbonyl (C=O) groups excluding carboxylic acids is 2. The van der Waals surface area contributed by atoms with E-state index in [1.54, 1.807) is 0 Å². The van der Waals surface area contributed by atoms with Crippen LogP contribution in [0.4, 0.5) is 0 Å². The third-order valence-corrected chi connectivity index (χ3v) is 1.34. The summed E-state index contributed by atoms with van der Waals surface area (Å²) in [7, 11) is 0. The van der Waals surface area contributed by atoms with Crippen LogP contribution < -0.4 is 10.6 Å². The van der Waals surface area contributed by atoms with Crippen LogP contribution in [-0.4, -0.2) is 30.9 Å². The summed E-state index contributed by atoms with van der Waals surface area (Å²) in [5.41, 5.74) is 0. The summed E-state index contributed by atoms with van der Waals surface area (Å²) in [4.78, 5) is 30.7. The van der Waals surface area contributed by atoms with E-state index in [9.17, 15) is 14.5 Å². The fraction of sp³-hybridized carbons (Fsp3) is 0.600. The number of carbonyl (C=O) groups is 2. The van der Waals surface area contributed by atoms with Crippen LogP contribution >= 0.6 is 0 Å². The zero-order chi connectivity index (χ0) is 8.27. The molecule has 6 heteroatoms. The molecule has 0 radical (unpaired) electrons. The smallest absolute Gasteiger partial charge is 0.246 e. The molecule has 0 aliphatic carbocycles. The Bertz CT molecular complexity index is 203. The lowest BCUT2D eigenvalue weighted by atomic mass is 10.1. The lowest BCUT2D eigenvalue weighted by molar-refractivity contribution is -0.132. The highest BCUT2D eigenvalue weighted by molar-refractivity contribution is 5.92. The number of nitrogens with zero attached hydrogens (tertiary/aromatic N) is 1. The van der Waals surface area contributed by atoms with Gasteiger partial charge in [-0.05, 0) is 0 Å². The van der Waals surface area contributed by atoms with Gasteiger partial charge in [0.05, 0.1) is 0 Å². The van der Waals surface area contributed by atoms with E-state index in [-0.39, 0.29) is 5.91 Å². The minimum absolute atomic E-state index is 0.218. The Morgan fingerprint density at radius 2 is 2.55 bits per heavy atom. The molecule has 0 saturated carbocycles. The van der Waals surface area contributed by atoms with E-state index in [0.717, 1.165) is 0 Å². The fourth-order valence-electron chi connectivity index (χ4n) is 0.703. The fourth-order valence-corrected chi connectivity index (χ4v) is 0.703. The predicted molar refractivity (Wildman–Crippen MR) is 35.6 cm³/mol. The first-order chi connectivity index (χ1) is 5.24. The maximum Gasteiger partial charge on any atom is 0.246 e. The molecule has 1 saturated heterocycles. The normalized spacial score (nSPS) is 21.5. The van der Waals surface area contributed by atoms with Crippen molar-refractivity contribution in [2.24, 2.45) is 5.18 Å². The SMILES string of the molecule is O=NCC(=O)NC1CNC1=O. The van der Waals surface area contributed by atoms with Crippen molar-refractivity contribution in [1.82, 2.24) is 10.6 Å². The number of nitroso groups, excluding NO2 is 1. The molecule has 1 aliphatic heterocycles. The van der Waals surface area contributed by atoms with Crippen LogP contribution in [0.15, 0.2) is 5.18 Å². The first-order valence-corrected chi connectivity index (χ1v) is 3.10. The van der Waals surface area contributed by atoms with Crippen LogP contribution in [-0.2, 0) is 9.59 Å². The van der Waals surface area contributed by atoms with Gasteiger partial charge in [0, 0.05) is 6.54 Å². The van der Waals surface area contributed by atoms with Crippen molar-refractivity contribution < 1.29 is 9.59 Å². The highest BCUT2D eigenvalue weighted by atomic mass is 16.3. The van der Waals surface area contributed by atoms with Gasteiger partial charge >= 0.3 is 0 Å². The van der Waals surface area contributed by atoms with E-state index in [1.807, 2.05) is 0 Å². The summed E-state index contributed by atoms with van der Waals surface area (Å²) in [6, 6.07) is -0.468. The highest BCUT2D eigenvalue weighted by Gasteiger charge is 2.28. The van der Waals surface area contributed by atoms with Crippen molar-refractivity contribution in [3.8, 4) is 0 Å². The molecule has 1 aliphatic rings. The average Bonchev–Trinajstić information content (AvgIpc) is 1.98. The summed E-state index contributed by atoms with van der Waals surface area (Å²) in [6.07, 6.45) is 0. The van der Waals surface area contributed by atoms with Crippen LogP contribution in [0, 0.1) is 4.91 Å². The molecule has 0 spiro atoms. The molecule has 0 aromatic carbocycles. The lowest BCUT2D eigenvalue weighted by Crippen LogP contribution is -2.62. The molecule has 2 amide bonds. The monoisotopic (exact) mass is 157 g/mol. The number of rotatable bonds is 3. The van der Waals surface area contributed by atoms with Crippen molar-refractivity contribution >= 4 is 11.8 Å². The first kappa shape index (κ1) is 7.64. The van der Waals surface area contributed by atoms with Crippen molar-refractivity contribution in [1.29, 1.82) is 0 Å². The van der Waals surface area contributed by atoms with Gasteiger partial charge in [-0.1, -0.05) is 5.18 Å². The minimum atomic E-state index is -0.514. The molecule has 2 N–H and O–H groups in total. The standard InChI is InChI=1S/C5H7N3O3/c9-4(2-7-11)8-3-1-6-5(3)10/h3H,1-2H2,(H,6,10)(H,8,9). The molecule has 1 rings (SSSR count). The van der Waals surface area contributed by atoms with Gasteiger partial charge < -0.3 is 10.6 Å². The Labute approximate surface area is 62.3 Å². The van der Waals surface area contributed by atoms with E-state index >= 15 is 0 Å². The number of β-lactam (4-membered cyclic amide) rings is 1. The lowest BCUT2D eigenvalue weighted by Gasteiger charge is -2.25. The second kappa shape index (κ2) is 3.09. The van der Waals surface area contributed by atoms with Gasteiger partial charge in [0.2, 0.25) is 11.8 Å². The highest BCUT2D eigenvalue weighted by Crippen LogP contribution is 1.92. The van der Waals surface area contributed by atoms with Gasteiger partial charge in [0.15, 0.2) is 6.54 Å². The molecule has 11 heavy (non-hydrogen) atoms. The van der Waals surface area contributed by atoms with Crippen molar-refractivity contribution in [3.05, 3.63) is 4.91 Å². The van der Waals surface area contributed by atoms with Gasteiger partial charge in [-0.15, -0.1) is 0 Å². The molecule has 0 aromatic rings. The molecular weight excluding hydrogens is 150 g/mol. The zero-order valence-corrected chi connectivity index (χ0v) is 5.66. The van der Waals surface area contributed by atoms with Crippen molar-refractivity contribution in [3.63, 3.8) is 0 Å². The van der Waals surface area contributed by atoms with Crippen LogP contribution in [0.5, 0.6) is 0 Å².